The molecule has 0 unspecified atom stereocenters. The van der Waals surface area contributed by atoms with Crippen molar-refractivity contribution in [3.63, 3.8) is 0 Å². The molecule has 1 aromatic heterocycles. The quantitative estimate of drug-likeness (QED) is 0.807. The number of hydrogen-bond acceptors (Lipinski definition) is 4. The van der Waals surface area contributed by atoms with Crippen molar-refractivity contribution in [3.05, 3.63) is 30.1 Å². The number of nitrogens with zero attached hydrogens (tertiary/aromatic N) is 1. The van der Waals surface area contributed by atoms with Crippen molar-refractivity contribution in [2.24, 2.45) is 5.73 Å². The van der Waals surface area contributed by atoms with Crippen LogP contribution in [0, 0.1) is 0 Å². The zero-order chi connectivity index (χ0) is 13.8. The molecule has 0 radical (unpaired) electrons. The van der Waals surface area contributed by atoms with Crippen LogP contribution >= 0.6 is 0 Å². The summed E-state index contributed by atoms with van der Waals surface area (Å²) in [7, 11) is 0. The first kappa shape index (κ1) is 13.1. The maximum atomic E-state index is 11.1. The number of ether oxygens (including phenoxy) is 1. The van der Waals surface area contributed by atoms with Gasteiger partial charge in [0.1, 0.15) is 5.75 Å². The van der Waals surface area contributed by atoms with E-state index in [1.54, 1.807) is 18.2 Å². The number of carbonyl (C=O) groups excluding carboxylic acids is 1. The van der Waals surface area contributed by atoms with Gasteiger partial charge in [-0.2, -0.15) is 0 Å². The number of benzene rings is 1. The molecule has 1 amide bonds. The van der Waals surface area contributed by atoms with Crippen LogP contribution < -0.4 is 10.5 Å². The molecule has 5 heteroatoms. The lowest BCUT2D eigenvalue weighted by molar-refractivity contribution is 0.0993. The number of carbonyl (C=O) groups is 1. The van der Waals surface area contributed by atoms with Crippen molar-refractivity contribution in [2.75, 3.05) is 6.61 Å². The lowest BCUT2D eigenvalue weighted by atomic mass is 10.1. The Kier molecular flexibility index (Phi) is 3.85. The molecular weight excluding hydrogens is 244 g/mol. The number of amides is 1. The Morgan fingerprint density at radius 3 is 2.95 bits per heavy atom. The summed E-state index contributed by atoms with van der Waals surface area (Å²) in [6.45, 7) is 2.75. The van der Waals surface area contributed by atoms with E-state index in [1.807, 2.05) is 0 Å². The summed E-state index contributed by atoms with van der Waals surface area (Å²) in [5.41, 5.74) is 5.01. The highest BCUT2D eigenvalue weighted by atomic mass is 16.5. The van der Waals surface area contributed by atoms with Crippen molar-refractivity contribution < 1.29 is 14.6 Å². The van der Waals surface area contributed by atoms with E-state index in [0.717, 1.165) is 12.8 Å². The molecule has 2 aromatic rings. The Labute approximate surface area is 111 Å². The van der Waals surface area contributed by atoms with E-state index < -0.39 is 5.91 Å². The van der Waals surface area contributed by atoms with E-state index >= 15 is 0 Å². The van der Waals surface area contributed by atoms with E-state index in [2.05, 4.69) is 11.9 Å². The Bertz CT molecular complexity index is 611. The van der Waals surface area contributed by atoms with Gasteiger partial charge in [-0.25, -0.2) is 4.98 Å². The first-order valence-corrected chi connectivity index (χ1v) is 6.17. The third-order valence-corrected chi connectivity index (χ3v) is 2.84. The minimum absolute atomic E-state index is 0.118. The minimum atomic E-state index is -0.748. The van der Waals surface area contributed by atoms with Crippen LogP contribution in [0.1, 0.15) is 30.3 Å². The summed E-state index contributed by atoms with van der Waals surface area (Å²) in [4.78, 5) is 14.9. The van der Waals surface area contributed by atoms with Crippen LogP contribution in [0.2, 0.25) is 0 Å². The molecule has 0 atom stereocenters. The van der Waals surface area contributed by atoms with Gasteiger partial charge < -0.3 is 15.6 Å². The van der Waals surface area contributed by atoms with Gasteiger partial charge in [-0.1, -0.05) is 13.3 Å². The Hall–Kier alpha value is -2.30. The number of nitrogens with two attached hydrogens (primary N) is 1. The van der Waals surface area contributed by atoms with Gasteiger partial charge in [-0.3, -0.25) is 4.79 Å². The van der Waals surface area contributed by atoms with Crippen LogP contribution in [0.3, 0.4) is 0 Å². The average molecular weight is 260 g/mol. The summed E-state index contributed by atoms with van der Waals surface area (Å²) in [6.07, 6.45) is 3.56. The second kappa shape index (κ2) is 5.56. The maximum Gasteiger partial charge on any atom is 0.271 e. The summed E-state index contributed by atoms with van der Waals surface area (Å²) in [5, 5.41) is 11.2. The molecule has 0 aliphatic carbocycles. The van der Waals surface area contributed by atoms with Gasteiger partial charge in [0.15, 0.2) is 11.4 Å². The average Bonchev–Trinajstić information content (AvgIpc) is 2.39. The molecule has 19 heavy (non-hydrogen) atoms. The van der Waals surface area contributed by atoms with E-state index in [4.69, 9.17) is 10.5 Å². The fourth-order valence-electron chi connectivity index (χ4n) is 1.79. The molecule has 2 rings (SSSR count). The number of rotatable bonds is 5. The standard InChI is InChI=1S/C14H16N2O3/c1-2-3-6-19-10-4-5-11-9(7-10)8-16-12(13(11)17)14(15)18/h4-5,7-8,17H,2-3,6H2,1H3,(H2,15,18). The SMILES string of the molecule is CCCCOc1ccc2c(O)c(C(N)=O)ncc2c1. The van der Waals surface area contributed by atoms with Crippen LogP contribution in [0.15, 0.2) is 24.4 Å². The van der Waals surface area contributed by atoms with Gasteiger partial charge in [0.2, 0.25) is 0 Å². The minimum Gasteiger partial charge on any atom is -0.505 e. The highest BCUT2D eigenvalue weighted by Gasteiger charge is 2.12. The number of pyridine rings is 1. The molecule has 0 fully saturated rings. The van der Waals surface area contributed by atoms with Crippen LogP contribution in [0.4, 0.5) is 0 Å². The maximum absolute atomic E-state index is 11.1. The summed E-state index contributed by atoms with van der Waals surface area (Å²) < 4.78 is 5.57. The lowest BCUT2D eigenvalue weighted by Crippen LogP contribution is -2.13. The topological polar surface area (TPSA) is 85.4 Å². The number of primary amides is 1. The van der Waals surface area contributed by atoms with Crippen LogP contribution in [0.25, 0.3) is 10.8 Å². The zero-order valence-electron chi connectivity index (χ0n) is 10.7. The number of unbranched alkanes of at least 4 members (excludes halogenated alkanes) is 1. The van der Waals surface area contributed by atoms with E-state index in [1.165, 1.54) is 6.20 Å². The molecule has 0 saturated carbocycles. The number of fused-ring (bicyclic) bond motifs is 1. The van der Waals surface area contributed by atoms with E-state index in [-0.39, 0.29) is 11.4 Å². The highest BCUT2D eigenvalue weighted by molar-refractivity contribution is 6.00. The predicted molar refractivity (Wildman–Crippen MR) is 72.3 cm³/mol. The molecule has 0 bridgehead atoms. The van der Waals surface area contributed by atoms with Crippen LogP contribution in [-0.2, 0) is 0 Å². The summed E-state index contributed by atoms with van der Waals surface area (Å²) >= 11 is 0. The molecule has 5 nitrogen and oxygen atoms in total. The third kappa shape index (κ3) is 2.76. The van der Waals surface area contributed by atoms with Crippen molar-refractivity contribution in [1.29, 1.82) is 0 Å². The van der Waals surface area contributed by atoms with Gasteiger partial charge in [-0.05, 0) is 24.6 Å². The molecule has 0 saturated heterocycles. The Balaban J connectivity index is 2.35. The van der Waals surface area contributed by atoms with Gasteiger partial charge in [0.25, 0.3) is 5.91 Å². The largest absolute Gasteiger partial charge is 0.505 e. The molecule has 100 valence electrons. The summed E-state index contributed by atoms with van der Waals surface area (Å²) in [5.74, 6) is -0.221. The van der Waals surface area contributed by atoms with Crippen molar-refractivity contribution in [2.45, 2.75) is 19.8 Å². The van der Waals surface area contributed by atoms with Crippen molar-refractivity contribution >= 4 is 16.7 Å². The van der Waals surface area contributed by atoms with E-state index in [9.17, 15) is 9.90 Å². The van der Waals surface area contributed by atoms with Gasteiger partial charge in [0.05, 0.1) is 6.61 Å². The van der Waals surface area contributed by atoms with Crippen molar-refractivity contribution in [1.82, 2.24) is 4.98 Å². The molecular formula is C14H16N2O3. The normalized spacial score (nSPS) is 10.6. The van der Waals surface area contributed by atoms with E-state index in [0.29, 0.717) is 23.1 Å². The summed E-state index contributed by atoms with van der Waals surface area (Å²) in [6, 6.07) is 5.23. The smallest absolute Gasteiger partial charge is 0.271 e. The fraction of sp³-hybridized carbons (Fsp3) is 0.286. The van der Waals surface area contributed by atoms with Crippen LogP contribution in [-0.4, -0.2) is 22.6 Å². The molecule has 0 spiro atoms. The fourth-order valence-corrected chi connectivity index (χ4v) is 1.79. The first-order valence-electron chi connectivity index (χ1n) is 6.17. The Morgan fingerprint density at radius 2 is 2.26 bits per heavy atom. The molecule has 0 aliphatic heterocycles. The Morgan fingerprint density at radius 1 is 1.47 bits per heavy atom. The molecule has 1 aromatic carbocycles. The second-order valence-electron chi connectivity index (χ2n) is 4.27. The zero-order valence-corrected chi connectivity index (χ0v) is 10.7. The van der Waals surface area contributed by atoms with Gasteiger partial charge in [0, 0.05) is 17.0 Å². The number of hydrogen-bond donors (Lipinski definition) is 2. The predicted octanol–water partition coefficient (Wildman–Crippen LogP) is 2.22. The molecule has 0 aliphatic rings. The highest BCUT2D eigenvalue weighted by Crippen LogP contribution is 2.29. The first-order chi connectivity index (χ1) is 9.13. The monoisotopic (exact) mass is 260 g/mol. The van der Waals surface area contributed by atoms with Gasteiger partial charge >= 0.3 is 0 Å². The molecule has 3 N–H and O–H groups in total. The molecule has 1 heterocycles. The number of aromatic hydroxyl groups is 1. The second-order valence-corrected chi connectivity index (χ2v) is 4.27. The lowest BCUT2D eigenvalue weighted by Gasteiger charge is -2.08. The number of aromatic nitrogens is 1. The van der Waals surface area contributed by atoms with Gasteiger partial charge in [-0.15, -0.1) is 0 Å². The third-order valence-electron chi connectivity index (χ3n) is 2.84. The van der Waals surface area contributed by atoms with Crippen molar-refractivity contribution in [3.8, 4) is 11.5 Å². The van der Waals surface area contributed by atoms with Crippen LogP contribution in [0.5, 0.6) is 11.5 Å².